The summed E-state index contributed by atoms with van der Waals surface area (Å²) in [4.78, 5) is 11.3. The van der Waals surface area contributed by atoms with Crippen molar-refractivity contribution in [2.45, 2.75) is 61.4 Å². The van der Waals surface area contributed by atoms with Gasteiger partial charge in [-0.3, -0.25) is 0 Å². The predicted octanol–water partition coefficient (Wildman–Crippen LogP) is -4.65. The molecule has 2 saturated heterocycles. The minimum Gasteiger partial charge on any atom is -0.479 e. The third-order valence-electron chi connectivity index (χ3n) is 4.19. The fourth-order valence-electron chi connectivity index (χ4n) is 2.80. The van der Waals surface area contributed by atoms with E-state index in [1.54, 1.807) is 0 Å². The Kier molecular flexibility index (Phi) is 6.67. The van der Waals surface area contributed by atoms with Crippen molar-refractivity contribution in [3.8, 4) is 0 Å². The van der Waals surface area contributed by atoms with Crippen molar-refractivity contribution in [1.29, 1.82) is 0 Å². The summed E-state index contributed by atoms with van der Waals surface area (Å²) in [6, 6.07) is 0. The minimum absolute atomic E-state index is 0.722. The number of carboxylic acid groups (broad SMARTS) is 1. The Bertz CT molecular complexity index is 458. The number of carboxylic acids is 1. The molecule has 0 aromatic rings. The van der Waals surface area contributed by atoms with Gasteiger partial charge in [-0.25, -0.2) is 4.79 Å². The third kappa shape index (κ3) is 3.93. The quantitative estimate of drug-likeness (QED) is 0.245. The SMILES string of the molecule is COC1C(C(=O)O)OC(OC2C(CO)OC(O)C(O)C2O)C(O)C1O. The van der Waals surface area contributed by atoms with Crippen LogP contribution in [-0.2, 0) is 23.7 Å². The summed E-state index contributed by atoms with van der Waals surface area (Å²) in [6.07, 6.45) is -16.3. The van der Waals surface area contributed by atoms with Gasteiger partial charge in [-0.2, -0.15) is 0 Å². The van der Waals surface area contributed by atoms with E-state index in [0.29, 0.717) is 0 Å². The second kappa shape index (κ2) is 8.18. The molecule has 10 atom stereocenters. The van der Waals surface area contributed by atoms with Gasteiger partial charge < -0.3 is 54.7 Å². The molecule has 2 aliphatic heterocycles. The molecule has 2 heterocycles. The summed E-state index contributed by atoms with van der Waals surface area (Å²) >= 11 is 0. The summed E-state index contributed by atoms with van der Waals surface area (Å²) in [6.45, 7) is -0.722. The molecular weight excluding hydrogens is 348 g/mol. The van der Waals surface area contributed by atoms with E-state index in [1.165, 1.54) is 0 Å². The molecule has 0 spiro atoms. The van der Waals surface area contributed by atoms with E-state index in [1.807, 2.05) is 0 Å². The lowest BCUT2D eigenvalue weighted by atomic mass is 9.97. The summed E-state index contributed by atoms with van der Waals surface area (Å²) in [5, 5.41) is 67.6. The van der Waals surface area contributed by atoms with Gasteiger partial charge in [0.15, 0.2) is 18.7 Å². The highest BCUT2D eigenvalue weighted by atomic mass is 16.7. The fourth-order valence-corrected chi connectivity index (χ4v) is 2.80. The lowest BCUT2D eigenvalue weighted by Gasteiger charge is -2.45. The first-order chi connectivity index (χ1) is 11.7. The van der Waals surface area contributed by atoms with Gasteiger partial charge in [0.1, 0.15) is 42.7 Å². The van der Waals surface area contributed by atoms with Crippen LogP contribution in [0.2, 0.25) is 0 Å². The average Bonchev–Trinajstić information content (AvgIpc) is 2.58. The molecule has 2 fully saturated rings. The maximum Gasteiger partial charge on any atom is 0.335 e. The molecular formula is C13H22O12. The molecule has 12 heteroatoms. The summed E-state index contributed by atoms with van der Waals surface area (Å²) in [7, 11) is 1.12. The van der Waals surface area contributed by atoms with Crippen LogP contribution < -0.4 is 0 Å². The molecule has 12 nitrogen and oxygen atoms in total. The summed E-state index contributed by atoms with van der Waals surface area (Å²) < 4.78 is 20.1. The van der Waals surface area contributed by atoms with E-state index in [-0.39, 0.29) is 0 Å². The molecule has 25 heavy (non-hydrogen) atoms. The smallest absolute Gasteiger partial charge is 0.335 e. The van der Waals surface area contributed by atoms with E-state index < -0.39 is 74.0 Å². The van der Waals surface area contributed by atoms with Crippen molar-refractivity contribution >= 4 is 5.97 Å². The molecule has 0 radical (unpaired) electrons. The zero-order valence-corrected chi connectivity index (χ0v) is 13.2. The molecule has 7 N–H and O–H groups in total. The third-order valence-corrected chi connectivity index (χ3v) is 4.19. The van der Waals surface area contributed by atoms with E-state index >= 15 is 0 Å². The lowest BCUT2D eigenvalue weighted by Crippen LogP contribution is -2.65. The zero-order valence-electron chi connectivity index (χ0n) is 13.2. The van der Waals surface area contributed by atoms with Crippen molar-refractivity contribution in [3.63, 3.8) is 0 Å². The Morgan fingerprint density at radius 2 is 1.56 bits per heavy atom. The van der Waals surface area contributed by atoms with Gasteiger partial charge in [0.2, 0.25) is 0 Å². The predicted molar refractivity (Wildman–Crippen MR) is 74.0 cm³/mol. The largest absolute Gasteiger partial charge is 0.479 e. The van der Waals surface area contributed by atoms with Crippen molar-refractivity contribution in [2.75, 3.05) is 13.7 Å². The summed E-state index contributed by atoms with van der Waals surface area (Å²) in [5.41, 5.74) is 0. The van der Waals surface area contributed by atoms with Crippen molar-refractivity contribution in [2.24, 2.45) is 0 Å². The number of aliphatic carboxylic acids is 1. The Balaban J connectivity index is 2.18. The first-order valence-electron chi connectivity index (χ1n) is 7.46. The average molecular weight is 370 g/mol. The highest BCUT2D eigenvalue weighted by Crippen LogP contribution is 2.29. The lowest BCUT2D eigenvalue weighted by molar-refractivity contribution is -0.352. The Labute approximate surface area is 141 Å². The first-order valence-corrected chi connectivity index (χ1v) is 7.46. The number of hydrogen-bond acceptors (Lipinski definition) is 11. The number of methoxy groups -OCH3 is 1. The Morgan fingerprint density at radius 1 is 0.960 bits per heavy atom. The maximum absolute atomic E-state index is 11.3. The molecule has 146 valence electrons. The maximum atomic E-state index is 11.3. The van der Waals surface area contributed by atoms with Gasteiger partial charge in [0, 0.05) is 7.11 Å². The molecule has 0 aromatic heterocycles. The van der Waals surface area contributed by atoms with Crippen LogP contribution in [-0.4, -0.2) is 117 Å². The van der Waals surface area contributed by atoms with Crippen LogP contribution in [0.4, 0.5) is 0 Å². The van der Waals surface area contributed by atoms with Gasteiger partial charge in [0.05, 0.1) is 6.61 Å². The number of aliphatic hydroxyl groups is 6. The van der Waals surface area contributed by atoms with E-state index in [2.05, 4.69) is 0 Å². The van der Waals surface area contributed by atoms with E-state index in [4.69, 9.17) is 24.1 Å². The second-order valence-corrected chi connectivity index (χ2v) is 5.77. The van der Waals surface area contributed by atoms with Gasteiger partial charge in [-0.1, -0.05) is 0 Å². The number of rotatable bonds is 5. The van der Waals surface area contributed by atoms with Crippen molar-refractivity contribution in [1.82, 2.24) is 0 Å². The van der Waals surface area contributed by atoms with Gasteiger partial charge in [-0.05, 0) is 0 Å². The van der Waals surface area contributed by atoms with Gasteiger partial charge >= 0.3 is 5.97 Å². The second-order valence-electron chi connectivity index (χ2n) is 5.77. The normalized spacial score (nSPS) is 48.3. The van der Waals surface area contributed by atoms with E-state index in [9.17, 15) is 35.4 Å². The molecule has 0 aliphatic carbocycles. The van der Waals surface area contributed by atoms with E-state index in [0.717, 1.165) is 7.11 Å². The van der Waals surface area contributed by atoms with Crippen LogP contribution in [0, 0.1) is 0 Å². The van der Waals surface area contributed by atoms with Crippen LogP contribution in [0.3, 0.4) is 0 Å². The van der Waals surface area contributed by atoms with Crippen molar-refractivity contribution < 1.29 is 59.5 Å². The van der Waals surface area contributed by atoms with Gasteiger partial charge in [-0.15, -0.1) is 0 Å². The number of ether oxygens (including phenoxy) is 4. The fraction of sp³-hybridized carbons (Fsp3) is 0.923. The van der Waals surface area contributed by atoms with Crippen LogP contribution >= 0.6 is 0 Å². The van der Waals surface area contributed by atoms with Crippen LogP contribution in [0.25, 0.3) is 0 Å². The molecule has 0 aromatic carbocycles. The monoisotopic (exact) mass is 370 g/mol. The molecule has 0 bridgehead atoms. The summed E-state index contributed by atoms with van der Waals surface area (Å²) in [5.74, 6) is -1.49. The molecule has 10 unspecified atom stereocenters. The number of aliphatic hydroxyl groups excluding tert-OH is 6. The van der Waals surface area contributed by atoms with Crippen LogP contribution in [0.15, 0.2) is 0 Å². The number of hydrogen-bond donors (Lipinski definition) is 7. The van der Waals surface area contributed by atoms with Crippen molar-refractivity contribution in [3.05, 3.63) is 0 Å². The zero-order chi connectivity index (χ0) is 18.9. The molecule has 0 amide bonds. The minimum atomic E-state index is -1.78. The molecule has 2 aliphatic rings. The van der Waals surface area contributed by atoms with Gasteiger partial charge in [0.25, 0.3) is 0 Å². The molecule has 2 rings (SSSR count). The number of carbonyl (C=O) groups is 1. The van der Waals surface area contributed by atoms with Crippen LogP contribution in [0.1, 0.15) is 0 Å². The first kappa shape index (κ1) is 20.4. The Hall–Kier alpha value is -0.930. The molecule has 0 saturated carbocycles. The van der Waals surface area contributed by atoms with Crippen LogP contribution in [0.5, 0.6) is 0 Å². The highest BCUT2D eigenvalue weighted by molar-refractivity contribution is 5.73. The topological polar surface area (TPSA) is 196 Å². The standard InChI is InChI=1S/C13H22O12/c1-22-9-5(16)7(18)13(25-10(9)11(19)20)24-8-3(2-14)23-12(21)6(17)4(8)15/h3-10,12-18,21H,2H2,1H3,(H,19,20). The Morgan fingerprint density at radius 3 is 2.08 bits per heavy atom. The highest BCUT2D eigenvalue weighted by Gasteiger charge is 2.52.